The first-order valence-electron chi connectivity index (χ1n) is 3.82. The molecule has 1 aromatic carbocycles. The molecule has 0 bridgehead atoms. The van der Waals surface area contributed by atoms with Gasteiger partial charge in [0, 0.05) is 0 Å². The zero-order valence-corrected chi connectivity index (χ0v) is 8.65. The number of para-hydroxylation sites is 1. The Hall–Kier alpha value is -1.01. The van der Waals surface area contributed by atoms with Gasteiger partial charge >= 0.3 is 0 Å². The minimum absolute atomic E-state index is 0.117. The molecule has 2 aromatic rings. The molecule has 3 nitrogen and oxygen atoms in total. The van der Waals surface area contributed by atoms with Crippen molar-refractivity contribution in [1.82, 2.24) is 4.98 Å². The lowest BCUT2D eigenvalue weighted by atomic mass is 10.3. The molecule has 0 N–H and O–H groups in total. The first kappa shape index (κ1) is 9.54. The molecule has 2 rings (SSSR count). The standard InChI is InChI=1S/C8H6FNO2S2/c9-5-2-1-3-6-8(5)10-7(13-6)4-14(11)12/h1-3,14H,4H2. The molecule has 14 heavy (non-hydrogen) atoms. The first-order valence-corrected chi connectivity index (χ1v) is 6.00. The number of thiol groups is 1. The molecule has 0 aliphatic heterocycles. The van der Waals surface area contributed by atoms with Crippen LogP contribution in [0, 0.1) is 5.82 Å². The molecule has 0 aliphatic carbocycles. The number of nitrogens with zero attached hydrogens (tertiary/aromatic N) is 1. The molecular weight excluding hydrogens is 225 g/mol. The Morgan fingerprint density at radius 3 is 2.86 bits per heavy atom. The van der Waals surface area contributed by atoms with Crippen LogP contribution in [0.3, 0.4) is 0 Å². The molecule has 1 heterocycles. The smallest absolute Gasteiger partial charge is 0.150 e. The van der Waals surface area contributed by atoms with Gasteiger partial charge in [-0.3, -0.25) is 0 Å². The third-order valence-corrected chi connectivity index (χ3v) is 3.47. The largest absolute Gasteiger partial charge is 0.237 e. The summed E-state index contributed by atoms with van der Waals surface area (Å²) in [5, 5.41) is 0.432. The molecule has 6 heteroatoms. The van der Waals surface area contributed by atoms with Gasteiger partial charge in [0.1, 0.15) is 27.0 Å². The fraction of sp³-hybridized carbons (Fsp3) is 0.125. The molecule has 0 unspecified atom stereocenters. The van der Waals surface area contributed by atoms with E-state index < -0.39 is 16.5 Å². The summed E-state index contributed by atoms with van der Waals surface area (Å²) < 4.78 is 34.7. The summed E-state index contributed by atoms with van der Waals surface area (Å²) in [5.74, 6) is -0.528. The third-order valence-electron chi connectivity index (χ3n) is 1.68. The fourth-order valence-corrected chi connectivity index (χ4v) is 2.78. The molecule has 0 aliphatic rings. The maximum atomic E-state index is 13.1. The van der Waals surface area contributed by atoms with Gasteiger partial charge in [0.15, 0.2) is 0 Å². The third kappa shape index (κ3) is 1.76. The van der Waals surface area contributed by atoms with Crippen LogP contribution in [0.4, 0.5) is 4.39 Å². The minimum atomic E-state index is -2.50. The normalized spacial score (nSPS) is 11.3. The number of benzene rings is 1. The second-order valence-electron chi connectivity index (χ2n) is 2.69. The zero-order chi connectivity index (χ0) is 10.1. The molecule has 0 atom stereocenters. The molecule has 0 radical (unpaired) electrons. The molecule has 74 valence electrons. The van der Waals surface area contributed by atoms with Gasteiger partial charge in [-0.05, 0) is 12.1 Å². The van der Waals surface area contributed by atoms with Crippen LogP contribution in [0.5, 0.6) is 0 Å². The Morgan fingerprint density at radius 1 is 1.43 bits per heavy atom. The maximum Gasteiger partial charge on any atom is 0.150 e. The quantitative estimate of drug-likeness (QED) is 0.798. The summed E-state index contributed by atoms with van der Waals surface area (Å²) in [6.45, 7) is 0. The van der Waals surface area contributed by atoms with Crippen molar-refractivity contribution in [3.05, 3.63) is 29.0 Å². The lowest BCUT2D eigenvalue weighted by Gasteiger charge is -1.86. The van der Waals surface area contributed by atoms with E-state index in [1.54, 1.807) is 12.1 Å². The first-order chi connectivity index (χ1) is 6.66. The van der Waals surface area contributed by atoms with Gasteiger partial charge in [-0.15, -0.1) is 11.3 Å². The topological polar surface area (TPSA) is 47.0 Å². The lowest BCUT2D eigenvalue weighted by Crippen LogP contribution is -1.84. The highest BCUT2D eigenvalue weighted by Crippen LogP contribution is 2.24. The van der Waals surface area contributed by atoms with E-state index in [0.29, 0.717) is 9.71 Å². The van der Waals surface area contributed by atoms with Gasteiger partial charge < -0.3 is 0 Å². The summed E-state index contributed by atoms with van der Waals surface area (Å²) >= 11 is 1.20. The van der Waals surface area contributed by atoms with Crippen molar-refractivity contribution in [2.24, 2.45) is 0 Å². The Balaban J connectivity index is 2.56. The highest BCUT2D eigenvalue weighted by molar-refractivity contribution is 7.71. The Kier molecular flexibility index (Phi) is 2.47. The number of aromatic nitrogens is 1. The summed E-state index contributed by atoms with van der Waals surface area (Å²) in [4.78, 5) is 3.91. The zero-order valence-electron chi connectivity index (χ0n) is 6.94. The van der Waals surface area contributed by atoms with E-state index in [2.05, 4.69) is 4.98 Å². The number of rotatable bonds is 2. The highest BCUT2D eigenvalue weighted by atomic mass is 32.2. The molecule has 0 amide bonds. The van der Waals surface area contributed by atoms with Gasteiger partial charge in [-0.25, -0.2) is 17.8 Å². The van der Waals surface area contributed by atoms with Gasteiger partial charge in [0.05, 0.1) is 10.5 Å². The van der Waals surface area contributed by atoms with Crippen molar-refractivity contribution < 1.29 is 12.8 Å². The Bertz CT molecular complexity index is 539. The number of hydrogen-bond acceptors (Lipinski definition) is 4. The summed E-state index contributed by atoms with van der Waals surface area (Å²) in [6, 6.07) is 4.61. The van der Waals surface area contributed by atoms with E-state index >= 15 is 0 Å². The molecule has 0 saturated carbocycles. The van der Waals surface area contributed by atoms with Gasteiger partial charge in [-0.1, -0.05) is 6.07 Å². The van der Waals surface area contributed by atoms with Crippen LogP contribution in [0.15, 0.2) is 18.2 Å². The number of fused-ring (bicyclic) bond motifs is 1. The number of halogens is 1. The van der Waals surface area contributed by atoms with Crippen LogP contribution >= 0.6 is 11.3 Å². The summed E-state index contributed by atoms with van der Waals surface area (Å²) in [6.07, 6.45) is 0. The van der Waals surface area contributed by atoms with Crippen molar-refractivity contribution in [3.63, 3.8) is 0 Å². The van der Waals surface area contributed by atoms with E-state index in [1.165, 1.54) is 17.4 Å². The van der Waals surface area contributed by atoms with Crippen LogP contribution in [0.1, 0.15) is 5.01 Å². The number of hydrogen-bond donors (Lipinski definition) is 1. The average Bonchev–Trinajstić information content (AvgIpc) is 2.47. The SMILES string of the molecule is O=[SH](=O)Cc1nc2c(F)cccc2s1. The van der Waals surface area contributed by atoms with Crippen LogP contribution in [-0.2, 0) is 16.5 Å². The highest BCUT2D eigenvalue weighted by Gasteiger charge is 2.07. The summed E-state index contributed by atoms with van der Waals surface area (Å²) in [5.41, 5.74) is 0.254. The Labute approximate surface area is 85.2 Å². The molecule has 0 spiro atoms. The van der Waals surface area contributed by atoms with E-state index in [9.17, 15) is 12.8 Å². The van der Waals surface area contributed by atoms with Crippen molar-refractivity contribution in [3.8, 4) is 0 Å². The lowest BCUT2D eigenvalue weighted by molar-refractivity contribution is 0.613. The monoisotopic (exact) mass is 231 g/mol. The van der Waals surface area contributed by atoms with Gasteiger partial charge in [0.2, 0.25) is 0 Å². The minimum Gasteiger partial charge on any atom is -0.237 e. The predicted octanol–water partition coefficient (Wildman–Crippen LogP) is 1.55. The second-order valence-corrected chi connectivity index (χ2v) is 4.78. The predicted molar refractivity (Wildman–Crippen MR) is 53.6 cm³/mol. The van der Waals surface area contributed by atoms with Crippen LogP contribution in [-0.4, -0.2) is 13.4 Å². The Morgan fingerprint density at radius 2 is 2.21 bits per heavy atom. The second kappa shape index (κ2) is 3.62. The van der Waals surface area contributed by atoms with E-state index in [1.807, 2.05) is 0 Å². The van der Waals surface area contributed by atoms with Crippen LogP contribution in [0.25, 0.3) is 10.2 Å². The van der Waals surface area contributed by atoms with Crippen molar-refractivity contribution >= 4 is 32.3 Å². The van der Waals surface area contributed by atoms with Gasteiger partial charge in [0.25, 0.3) is 0 Å². The van der Waals surface area contributed by atoms with Crippen molar-refractivity contribution in [2.75, 3.05) is 0 Å². The number of thiazole rings is 1. The molecule has 0 saturated heterocycles. The molecule has 0 fully saturated rings. The molecular formula is C8H6FNO2S2. The average molecular weight is 231 g/mol. The maximum absolute atomic E-state index is 13.1. The molecule has 1 aromatic heterocycles. The van der Waals surface area contributed by atoms with Crippen molar-refractivity contribution in [2.45, 2.75) is 5.75 Å². The fourth-order valence-electron chi connectivity index (χ4n) is 1.14. The van der Waals surface area contributed by atoms with Crippen LogP contribution < -0.4 is 0 Å². The summed E-state index contributed by atoms with van der Waals surface area (Å²) in [7, 11) is -2.50. The van der Waals surface area contributed by atoms with E-state index in [0.717, 1.165) is 0 Å². The van der Waals surface area contributed by atoms with Crippen LogP contribution in [0.2, 0.25) is 0 Å². The van der Waals surface area contributed by atoms with E-state index in [-0.39, 0.29) is 11.3 Å². The van der Waals surface area contributed by atoms with Crippen molar-refractivity contribution in [1.29, 1.82) is 0 Å². The van der Waals surface area contributed by atoms with Gasteiger partial charge in [-0.2, -0.15) is 0 Å². The van der Waals surface area contributed by atoms with E-state index in [4.69, 9.17) is 0 Å².